The molecular formula is C32H32N2. The molecule has 2 heterocycles. The standard InChI is InChI=1S/C32H32N2/c1-2-11-23(10-1)31-20-25-14-5-7-18-29(25)33(31)27-16-9-17-28(22-27)34-30-19-8-6-15-26(30)21-32(34)24-12-3-4-13-24/h5-9,14-24H,1-4,10-13H2. The normalized spacial score (nSPS) is 17.4. The third-order valence-electron chi connectivity index (χ3n) is 8.37. The number of rotatable bonds is 4. The van der Waals surface area contributed by atoms with E-state index in [9.17, 15) is 0 Å². The fourth-order valence-electron chi connectivity index (χ4n) is 6.74. The average Bonchev–Trinajstić information content (AvgIpc) is 3.68. The average molecular weight is 445 g/mol. The molecule has 2 nitrogen and oxygen atoms in total. The van der Waals surface area contributed by atoms with E-state index < -0.39 is 0 Å². The van der Waals surface area contributed by atoms with Gasteiger partial charge in [-0.1, -0.05) is 68.1 Å². The SMILES string of the molecule is c1cc(-n2c(C3CCCC3)cc3ccccc32)cc(-n2c(C3CCCC3)cc3ccccc32)c1. The predicted molar refractivity (Wildman–Crippen MR) is 143 cm³/mol. The van der Waals surface area contributed by atoms with Crippen molar-refractivity contribution in [3.63, 3.8) is 0 Å². The summed E-state index contributed by atoms with van der Waals surface area (Å²) >= 11 is 0. The van der Waals surface area contributed by atoms with Gasteiger partial charge in [0.25, 0.3) is 0 Å². The molecule has 0 unspecified atom stereocenters. The van der Waals surface area contributed by atoms with Gasteiger partial charge in [0, 0.05) is 33.5 Å². The van der Waals surface area contributed by atoms with Crippen LogP contribution in [-0.4, -0.2) is 9.13 Å². The minimum atomic E-state index is 0.664. The van der Waals surface area contributed by atoms with Gasteiger partial charge in [0.1, 0.15) is 0 Å². The minimum Gasteiger partial charge on any atom is -0.313 e. The van der Waals surface area contributed by atoms with E-state index in [1.165, 1.54) is 95.9 Å². The highest BCUT2D eigenvalue weighted by atomic mass is 15.0. The van der Waals surface area contributed by atoms with E-state index in [0.29, 0.717) is 11.8 Å². The molecule has 34 heavy (non-hydrogen) atoms. The molecule has 0 atom stereocenters. The van der Waals surface area contributed by atoms with Gasteiger partial charge < -0.3 is 9.13 Å². The van der Waals surface area contributed by atoms with Crippen molar-refractivity contribution in [3.8, 4) is 11.4 Å². The summed E-state index contributed by atoms with van der Waals surface area (Å²) in [4.78, 5) is 0. The highest BCUT2D eigenvalue weighted by Crippen LogP contribution is 2.41. The number of aromatic nitrogens is 2. The fourth-order valence-corrected chi connectivity index (χ4v) is 6.74. The molecule has 7 rings (SSSR count). The quantitative estimate of drug-likeness (QED) is 0.262. The highest BCUT2D eigenvalue weighted by Gasteiger charge is 2.25. The van der Waals surface area contributed by atoms with Gasteiger partial charge in [0.15, 0.2) is 0 Å². The first-order valence-electron chi connectivity index (χ1n) is 13.2. The molecule has 0 N–H and O–H groups in total. The minimum absolute atomic E-state index is 0.664. The maximum absolute atomic E-state index is 2.55. The molecule has 2 saturated carbocycles. The van der Waals surface area contributed by atoms with E-state index in [2.05, 4.69) is 94.1 Å². The molecule has 0 amide bonds. The Balaban J connectivity index is 1.43. The summed E-state index contributed by atoms with van der Waals surface area (Å²) in [5.74, 6) is 1.33. The second-order valence-electron chi connectivity index (χ2n) is 10.4. The molecule has 2 aliphatic rings. The smallest absolute Gasteiger partial charge is 0.0531 e. The molecule has 2 heteroatoms. The molecular weight excluding hydrogens is 412 g/mol. The van der Waals surface area contributed by atoms with Gasteiger partial charge in [0.2, 0.25) is 0 Å². The van der Waals surface area contributed by atoms with Crippen LogP contribution in [0.4, 0.5) is 0 Å². The van der Waals surface area contributed by atoms with Crippen LogP contribution in [0.3, 0.4) is 0 Å². The van der Waals surface area contributed by atoms with Crippen LogP contribution in [0.5, 0.6) is 0 Å². The Labute approximate surface area is 201 Å². The predicted octanol–water partition coefficient (Wildman–Crippen LogP) is 8.89. The van der Waals surface area contributed by atoms with Crippen LogP contribution >= 0.6 is 0 Å². The van der Waals surface area contributed by atoms with Gasteiger partial charge in [0.05, 0.1) is 11.0 Å². The molecule has 0 radical (unpaired) electrons. The van der Waals surface area contributed by atoms with Crippen molar-refractivity contribution in [1.29, 1.82) is 0 Å². The lowest BCUT2D eigenvalue weighted by Crippen LogP contribution is -2.07. The van der Waals surface area contributed by atoms with Gasteiger partial charge in [-0.2, -0.15) is 0 Å². The van der Waals surface area contributed by atoms with Crippen molar-refractivity contribution >= 4 is 21.8 Å². The molecule has 0 aliphatic heterocycles. The van der Waals surface area contributed by atoms with Crippen molar-refractivity contribution in [2.45, 2.75) is 63.2 Å². The lowest BCUT2D eigenvalue weighted by atomic mass is 10.0. The Morgan fingerprint density at radius 3 is 1.38 bits per heavy atom. The summed E-state index contributed by atoms with van der Waals surface area (Å²) in [6.45, 7) is 0. The maximum atomic E-state index is 2.55. The Morgan fingerprint density at radius 2 is 0.912 bits per heavy atom. The van der Waals surface area contributed by atoms with Crippen LogP contribution in [0.2, 0.25) is 0 Å². The van der Waals surface area contributed by atoms with Gasteiger partial charge in [-0.15, -0.1) is 0 Å². The highest BCUT2D eigenvalue weighted by molar-refractivity contribution is 5.85. The van der Waals surface area contributed by atoms with Gasteiger partial charge in [-0.05, 0) is 80.0 Å². The number of fused-ring (bicyclic) bond motifs is 2. The Kier molecular flexibility index (Phi) is 4.86. The van der Waals surface area contributed by atoms with Crippen LogP contribution < -0.4 is 0 Å². The molecule has 3 aromatic carbocycles. The van der Waals surface area contributed by atoms with Crippen molar-refractivity contribution in [1.82, 2.24) is 9.13 Å². The van der Waals surface area contributed by atoms with E-state index in [-0.39, 0.29) is 0 Å². The van der Waals surface area contributed by atoms with Crippen LogP contribution in [-0.2, 0) is 0 Å². The van der Waals surface area contributed by atoms with E-state index in [1.807, 2.05) is 0 Å². The second-order valence-corrected chi connectivity index (χ2v) is 10.4. The van der Waals surface area contributed by atoms with Crippen LogP contribution in [0, 0.1) is 0 Å². The Hall–Kier alpha value is -3.26. The third-order valence-corrected chi connectivity index (χ3v) is 8.37. The first-order valence-corrected chi connectivity index (χ1v) is 13.2. The van der Waals surface area contributed by atoms with Crippen LogP contribution in [0.1, 0.15) is 74.6 Å². The van der Waals surface area contributed by atoms with Crippen LogP contribution in [0.25, 0.3) is 33.2 Å². The molecule has 170 valence electrons. The number of hydrogen-bond donors (Lipinski definition) is 0. The summed E-state index contributed by atoms with van der Waals surface area (Å²) in [6.07, 6.45) is 10.7. The van der Waals surface area contributed by atoms with Gasteiger partial charge >= 0.3 is 0 Å². The monoisotopic (exact) mass is 444 g/mol. The van der Waals surface area contributed by atoms with Gasteiger partial charge in [-0.3, -0.25) is 0 Å². The lowest BCUT2D eigenvalue weighted by molar-refractivity contribution is 0.681. The first kappa shape index (κ1) is 20.1. The largest absolute Gasteiger partial charge is 0.313 e. The van der Waals surface area contributed by atoms with E-state index in [0.717, 1.165) is 0 Å². The van der Waals surface area contributed by atoms with E-state index in [1.54, 1.807) is 0 Å². The second kappa shape index (κ2) is 8.20. The first-order chi connectivity index (χ1) is 16.9. The number of benzene rings is 3. The third kappa shape index (κ3) is 3.23. The lowest BCUT2D eigenvalue weighted by Gasteiger charge is -2.19. The fraction of sp³-hybridized carbons (Fsp3) is 0.312. The molecule has 0 saturated heterocycles. The summed E-state index contributed by atoms with van der Waals surface area (Å²) in [6, 6.07) is 32.0. The maximum Gasteiger partial charge on any atom is 0.0531 e. The molecule has 5 aromatic rings. The molecule has 0 spiro atoms. The zero-order valence-electron chi connectivity index (χ0n) is 19.8. The number of nitrogens with zero attached hydrogens (tertiary/aromatic N) is 2. The van der Waals surface area contributed by atoms with Gasteiger partial charge in [-0.25, -0.2) is 0 Å². The number of para-hydroxylation sites is 2. The van der Waals surface area contributed by atoms with Crippen LogP contribution in [0.15, 0.2) is 84.9 Å². The van der Waals surface area contributed by atoms with Crippen molar-refractivity contribution in [2.75, 3.05) is 0 Å². The zero-order chi connectivity index (χ0) is 22.5. The van der Waals surface area contributed by atoms with E-state index >= 15 is 0 Å². The van der Waals surface area contributed by atoms with Crippen molar-refractivity contribution in [3.05, 3.63) is 96.3 Å². The summed E-state index contributed by atoms with van der Waals surface area (Å²) in [5.41, 5.74) is 8.21. The van der Waals surface area contributed by atoms with E-state index in [4.69, 9.17) is 0 Å². The molecule has 2 aliphatic carbocycles. The zero-order valence-corrected chi connectivity index (χ0v) is 19.8. The van der Waals surface area contributed by atoms with Crippen molar-refractivity contribution in [2.24, 2.45) is 0 Å². The summed E-state index contributed by atoms with van der Waals surface area (Å²) in [5, 5.41) is 2.71. The molecule has 0 bridgehead atoms. The van der Waals surface area contributed by atoms with Crippen molar-refractivity contribution < 1.29 is 0 Å². The summed E-state index contributed by atoms with van der Waals surface area (Å²) in [7, 11) is 0. The Bertz CT molecular complexity index is 1360. The Morgan fingerprint density at radius 1 is 0.471 bits per heavy atom. The number of hydrogen-bond acceptors (Lipinski definition) is 0. The molecule has 2 aromatic heterocycles. The summed E-state index contributed by atoms with van der Waals surface area (Å²) < 4.78 is 5.10. The topological polar surface area (TPSA) is 9.86 Å². The molecule has 2 fully saturated rings.